The van der Waals surface area contributed by atoms with Crippen LogP contribution in [0.4, 0.5) is 17.1 Å². The van der Waals surface area contributed by atoms with Gasteiger partial charge >= 0.3 is 0 Å². The molecule has 0 aliphatic heterocycles. The third-order valence-corrected chi connectivity index (χ3v) is 12.2. The third-order valence-electron chi connectivity index (χ3n) is 12.2. The number of pyridine rings is 1. The molecule has 0 atom stereocenters. The van der Waals surface area contributed by atoms with E-state index in [0.29, 0.717) is 0 Å². The molecule has 13 rings (SSSR count). The van der Waals surface area contributed by atoms with Crippen LogP contribution >= 0.6 is 0 Å². The quantitative estimate of drug-likeness (QED) is 0.133. The number of aromatic nitrogens is 1. The molecule has 0 bridgehead atoms. The van der Waals surface area contributed by atoms with Crippen molar-refractivity contribution in [3.8, 4) is 11.1 Å². The lowest BCUT2D eigenvalue weighted by Crippen LogP contribution is -2.11. The molecule has 0 saturated carbocycles. The van der Waals surface area contributed by atoms with Gasteiger partial charge in [0, 0.05) is 38.0 Å². The summed E-state index contributed by atoms with van der Waals surface area (Å²) in [7, 11) is 0. The first kappa shape index (κ1) is 30.7. The van der Waals surface area contributed by atoms with Gasteiger partial charge in [0.25, 0.3) is 0 Å². The smallest absolute Gasteiger partial charge is 0.159 e. The van der Waals surface area contributed by atoms with Crippen LogP contribution in [0.5, 0.6) is 0 Å². The highest BCUT2D eigenvalue weighted by Gasteiger charge is 2.26. The second kappa shape index (κ2) is 11.5. The summed E-state index contributed by atoms with van der Waals surface area (Å²) in [5.41, 5.74) is 10.9. The first-order valence-electron chi connectivity index (χ1n) is 19.6. The van der Waals surface area contributed by atoms with Crippen molar-refractivity contribution < 1.29 is 4.42 Å². The van der Waals surface area contributed by atoms with Crippen molar-refractivity contribution in [2.45, 2.75) is 0 Å². The Kier molecular flexibility index (Phi) is 6.16. The van der Waals surface area contributed by atoms with Gasteiger partial charge in [-0.1, -0.05) is 152 Å². The monoisotopic (exact) mass is 724 g/mol. The van der Waals surface area contributed by atoms with Crippen LogP contribution in [0, 0.1) is 0 Å². The highest BCUT2D eigenvalue weighted by Crippen LogP contribution is 2.49. The number of furan rings is 1. The molecular weight excluding hydrogens is 693 g/mol. The molecule has 0 spiro atoms. The van der Waals surface area contributed by atoms with Crippen LogP contribution in [-0.4, -0.2) is 4.40 Å². The summed E-state index contributed by atoms with van der Waals surface area (Å²) in [4.78, 5) is 2.44. The SMILES string of the molecule is c1cc(-c2c3ccccc3cc3ccccc23)cc(N(c2cccc3c2oc2ccccc23)c2cccc3c4ccc5cccc6c7ccccc7n(c23)c4c56)c1. The third kappa shape index (κ3) is 4.20. The van der Waals surface area contributed by atoms with E-state index in [0.717, 1.165) is 50.1 Å². The van der Waals surface area contributed by atoms with E-state index in [1.165, 1.54) is 70.5 Å². The van der Waals surface area contributed by atoms with Gasteiger partial charge in [0.15, 0.2) is 5.58 Å². The predicted octanol–water partition coefficient (Wildman–Crippen LogP) is 15.3. The molecule has 3 nitrogen and oxygen atoms in total. The molecule has 3 heterocycles. The number of fused-ring (bicyclic) bond motifs is 11. The second-order valence-electron chi connectivity index (χ2n) is 15.2. The molecule has 10 aromatic carbocycles. The van der Waals surface area contributed by atoms with E-state index in [1.807, 2.05) is 6.07 Å². The Morgan fingerprint density at radius 3 is 1.84 bits per heavy atom. The Morgan fingerprint density at radius 1 is 0.386 bits per heavy atom. The van der Waals surface area contributed by atoms with Gasteiger partial charge in [-0.05, 0) is 85.9 Å². The molecule has 13 aromatic rings. The van der Waals surface area contributed by atoms with Crippen LogP contribution in [-0.2, 0) is 0 Å². The zero-order valence-corrected chi connectivity index (χ0v) is 30.8. The van der Waals surface area contributed by atoms with Gasteiger partial charge < -0.3 is 13.7 Å². The van der Waals surface area contributed by atoms with Gasteiger partial charge in [-0.25, -0.2) is 0 Å². The first-order valence-corrected chi connectivity index (χ1v) is 19.6. The first-order chi connectivity index (χ1) is 28.3. The molecule has 0 fully saturated rings. The summed E-state index contributed by atoms with van der Waals surface area (Å²) in [5, 5.41) is 14.7. The Labute approximate surface area is 327 Å². The van der Waals surface area contributed by atoms with Crippen LogP contribution in [0.15, 0.2) is 199 Å². The Morgan fingerprint density at radius 2 is 1.00 bits per heavy atom. The summed E-state index contributed by atoms with van der Waals surface area (Å²) in [5.74, 6) is 0. The number of nitrogens with zero attached hydrogens (tertiary/aromatic N) is 2. The van der Waals surface area contributed by atoms with Crippen LogP contribution < -0.4 is 4.90 Å². The Balaban J connectivity index is 1.18. The summed E-state index contributed by atoms with van der Waals surface area (Å²) in [6.45, 7) is 0. The van der Waals surface area contributed by atoms with Crippen LogP contribution in [0.1, 0.15) is 0 Å². The number of rotatable bonds is 4. The van der Waals surface area contributed by atoms with Crippen LogP contribution in [0.25, 0.3) is 103 Å². The number of hydrogen-bond acceptors (Lipinski definition) is 2. The van der Waals surface area contributed by atoms with Gasteiger partial charge in [-0.15, -0.1) is 0 Å². The fourth-order valence-electron chi connectivity index (χ4n) is 9.89. The molecule has 0 unspecified atom stereocenters. The molecule has 57 heavy (non-hydrogen) atoms. The van der Waals surface area contributed by atoms with Crippen molar-refractivity contribution in [2.75, 3.05) is 4.90 Å². The summed E-state index contributed by atoms with van der Waals surface area (Å²) >= 11 is 0. The Hall–Kier alpha value is -7.62. The van der Waals surface area contributed by atoms with E-state index in [1.54, 1.807) is 0 Å². The summed E-state index contributed by atoms with van der Waals surface area (Å²) < 4.78 is 9.37. The lowest BCUT2D eigenvalue weighted by molar-refractivity contribution is 0.669. The van der Waals surface area contributed by atoms with Crippen molar-refractivity contribution in [1.82, 2.24) is 4.40 Å². The van der Waals surface area contributed by atoms with Crippen LogP contribution in [0.3, 0.4) is 0 Å². The molecule has 0 aliphatic rings. The molecular formula is C54H32N2O. The van der Waals surface area contributed by atoms with Gasteiger partial charge in [-0.3, -0.25) is 0 Å². The zero-order chi connectivity index (χ0) is 37.2. The van der Waals surface area contributed by atoms with Gasteiger partial charge in [0.2, 0.25) is 0 Å². The zero-order valence-electron chi connectivity index (χ0n) is 30.8. The van der Waals surface area contributed by atoms with E-state index in [-0.39, 0.29) is 0 Å². The van der Waals surface area contributed by atoms with E-state index < -0.39 is 0 Å². The molecule has 0 saturated heterocycles. The second-order valence-corrected chi connectivity index (χ2v) is 15.2. The van der Waals surface area contributed by atoms with E-state index in [9.17, 15) is 0 Å². The minimum Gasteiger partial charge on any atom is -0.454 e. The number of benzene rings is 10. The minimum absolute atomic E-state index is 0.861. The minimum atomic E-state index is 0.861. The lowest BCUT2D eigenvalue weighted by atomic mass is 9.92. The largest absolute Gasteiger partial charge is 0.454 e. The molecule has 0 N–H and O–H groups in total. The Bertz CT molecular complexity index is 3720. The summed E-state index contributed by atoms with van der Waals surface area (Å²) in [6, 6.07) is 70.8. The van der Waals surface area contributed by atoms with E-state index >= 15 is 0 Å². The fraction of sp³-hybridized carbons (Fsp3) is 0. The number of hydrogen-bond donors (Lipinski definition) is 0. The molecule has 3 aromatic heterocycles. The molecule has 0 radical (unpaired) electrons. The van der Waals surface area contributed by atoms with Gasteiger partial charge in [0.1, 0.15) is 5.58 Å². The maximum absolute atomic E-state index is 6.84. The molecule has 264 valence electrons. The highest BCUT2D eigenvalue weighted by atomic mass is 16.3. The van der Waals surface area contributed by atoms with E-state index in [2.05, 4.69) is 197 Å². The maximum atomic E-state index is 6.84. The summed E-state index contributed by atoms with van der Waals surface area (Å²) in [6.07, 6.45) is 0. The lowest BCUT2D eigenvalue weighted by Gasteiger charge is -2.27. The standard InChI is InChI=1S/C54H32N2O/c1-3-18-38-34(13-1)31-35-14-2-4-19-39(35)50(38)36-16-9-17-37(32-36)55(48-27-12-24-45-41-21-6-8-28-49(41)57-54(45)48)47-26-11-23-43-44-30-29-33-15-10-22-42-40-20-5-7-25-46(40)56(52(43)47)53(44)51(33)42/h1-32H. The maximum Gasteiger partial charge on any atom is 0.159 e. The van der Waals surface area contributed by atoms with Crippen molar-refractivity contribution in [1.29, 1.82) is 0 Å². The highest BCUT2D eigenvalue weighted by molar-refractivity contribution is 6.30. The average Bonchev–Trinajstić information content (AvgIpc) is 3.83. The van der Waals surface area contributed by atoms with Crippen LogP contribution in [0.2, 0.25) is 0 Å². The van der Waals surface area contributed by atoms with E-state index in [4.69, 9.17) is 4.42 Å². The topological polar surface area (TPSA) is 20.8 Å². The number of anilines is 3. The molecule has 0 amide bonds. The molecule has 0 aliphatic carbocycles. The van der Waals surface area contributed by atoms with Crippen molar-refractivity contribution in [3.05, 3.63) is 194 Å². The normalized spacial score (nSPS) is 12.2. The molecule has 3 heteroatoms. The average molecular weight is 725 g/mol. The van der Waals surface area contributed by atoms with Crippen molar-refractivity contribution in [2.24, 2.45) is 0 Å². The number of para-hydroxylation sites is 4. The van der Waals surface area contributed by atoms with Gasteiger partial charge in [-0.2, -0.15) is 0 Å². The van der Waals surface area contributed by atoms with Crippen molar-refractivity contribution >= 4 is 109 Å². The van der Waals surface area contributed by atoms with Gasteiger partial charge in [0.05, 0.1) is 27.9 Å². The van der Waals surface area contributed by atoms with Crippen molar-refractivity contribution in [3.63, 3.8) is 0 Å². The predicted molar refractivity (Wildman–Crippen MR) is 241 cm³/mol. The fourth-order valence-corrected chi connectivity index (χ4v) is 9.89.